The van der Waals surface area contributed by atoms with Crippen molar-refractivity contribution in [3.05, 3.63) is 82.9 Å². The number of aromatic amines is 1. The second-order valence-corrected chi connectivity index (χ2v) is 11.5. The first-order valence-corrected chi connectivity index (χ1v) is 14.1. The third-order valence-corrected chi connectivity index (χ3v) is 8.64. The van der Waals surface area contributed by atoms with Gasteiger partial charge in [0.25, 0.3) is 11.1 Å². The van der Waals surface area contributed by atoms with Crippen LogP contribution in [0.25, 0.3) is 43.1 Å². The second-order valence-electron chi connectivity index (χ2n) is 10.5. The quantitative estimate of drug-likeness (QED) is 0.247. The molecule has 1 amide bonds. The molecule has 39 heavy (non-hydrogen) atoms. The van der Waals surface area contributed by atoms with Gasteiger partial charge in [-0.3, -0.25) is 4.79 Å². The summed E-state index contributed by atoms with van der Waals surface area (Å²) in [6.07, 6.45) is 1.87. The molecule has 1 aliphatic carbocycles. The average molecular weight is 532 g/mol. The van der Waals surface area contributed by atoms with Gasteiger partial charge in [0, 0.05) is 28.4 Å². The van der Waals surface area contributed by atoms with Crippen LogP contribution in [0.4, 0.5) is 0 Å². The fourth-order valence-corrected chi connectivity index (χ4v) is 7.01. The van der Waals surface area contributed by atoms with Crippen molar-refractivity contribution in [2.75, 3.05) is 0 Å². The third-order valence-electron chi connectivity index (χ3n) is 7.72. The van der Waals surface area contributed by atoms with E-state index in [9.17, 15) is 4.79 Å². The van der Waals surface area contributed by atoms with Gasteiger partial charge in [-0.2, -0.15) is 0 Å². The topological polar surface area (TPSA) is 76.2 Å². The van der Waals surface area contributed by atoms with Crippen LogP contribution in [0.5, 0.6) is 16.7 Å². The number of H-pyrrole nitrogens is 1. The third kappa shape index (κ3) is 3.46. The Labute approximate surface area is 228 Å². The van der Waals surface area contributed by atoms with Crippen LogP contribution in [0.1, 0.15) is 40.9 Å². The molecule has 7 heteroatoms. The number of nitrogens with one attached hydrogen (secondary N) is 2. The van der Waals surface area contributed by atoms with Crippen LogP contribution in [-0.2, 0) is 19.4 Å². The first kappa shape index (κ1) is 22.6. The highest BCUT2D eigenvalue weighted by Gasteiger charge is 2.33. The summed E-state index contributed by atoms with van der Waals surface area (Å²) in [5.41, 5.74) is 9.54. The summed E-state index contributed by atoms with van der Waals surface area (Å²) in [6, 6.07) is 20.4. The molecule has 6 nitrogen and oxygen atoms in total. The highest BCUT2D eigenvalue weighted by molar-refractivity contribution is 7.20. The zero-order valence-electron chi connectivity index (χ0n) is 21.6. The van der Waals surface area contributed by atoms with Gasteiger partial charge in [-0.15, -0.1) is 0 Å². The largest absolute Gasteiger partial charge is 0.491 e. The summed E-state index contributed by atoms with van der Waals surface area (Å²) >= 11 is 1.53. The molecule has 0 radical (unpaired) electrons. The lowest BCUT2D eigenvalue weighted by atomic mass is 9.80. The molecular formula is C32H25N3O3S. The molecule has 2 aliphatic rings. The van der Waals surface area contributed by atoms with E-state index in [1.807, 2.05) is 44.2 Å². The van der Waals surface area contributed by atoms with Gasteiger partial charge in [0.05, 0.1) is 27.4 Å². The summed E-state index contributed by atoms with van der Waals surface area (Å²) in [5, 5.41) is 5.89. The van der Waals surface area contributed by atoms with Crippen LogP contribution < -0.4 is 14.8 Å². The molecule has 0 spiro atoms. The number of amides is 1. The smallest absolute Gasteiger partial charge is 0.279 e. The lowest BCUT2D eigenvalue weighted by Gasteiger charge is -2.24. The van der Waals surface area contributed by atoms with Gasteiger partial charge >= 0.3 is 0 Å². The number of fused-ring (bicyclic) bond motifs is 11. The molecular weight excluding hydrogens is 506 g/mol. The first-order chi connectivity index (χ1) is 19.0. The van der Waals surface area contributed by atoms with E-state index in [4.69, 9.17) is 9.47 Å². The number of ether oxygens (including phenoxy) is 2. The Morgan fingerprint density at radius 2 is 1.82 bits per heavy atom. The zero-order chi connectivity index (χ0) is 26.2. The lowest BCUT2D eigenvalue weighted by molar-refractivity contribution is 0.0966. The van der Waals surface area contributed by atoms with E-state index < -0.39 is 0 Å². The van der Waals surface area contributed by atoms with Gasteiger partial charge in [-0.25, -0.2) is 4.98 Å². The van der Waals surface area contributed by atoms with E-state index in [0.29, 0.717) is 11.7 Å². The highest BCUT2D eigenvalue weighted by Crippen LogP contribution is 2.47. The minimum atomic E-state index is -0.00487. The van der Waals surface area contributed by atoms with E-state index in [1.165, 1.54) is 22.5 Å². The summed E-state index contributed by atoms with van der Waals surface area (Å²) in [7, 11) is 0. The summed E-state index contributed by atoms with van der Waals surface area (Å²) < 4.78 is 13.3. The highest BCUT2D eigenvalue weighted by atomic mass is 32.1. The van der Waals surface area contributed by atoms with Crippen molar-refractivity contribution in [1.82, 2.24) is 15.3 Å². The van der Waals surface area contributed by atoms with Gasteiger partial charge in [0.1, 0.15) is 11.5 Å². The Kier molecular flexibility index (Phi) is 4.82. The van der Waals surface area contributed by atoms with Crippen LogP contribution >= 0.6 is 11.3 Å². The van der Waals surface area contributed by atoms with Crippen LogP contribution in [0.15, 0.2) is 60.7 Å². The first-order valence-electron chi connectivity index (χ1n) is 13.3. The molecule has 6 aromatic rings. The molecule has 0 saturated carbocycles. The molecule has 0 bridgehead atoms. The van der Waals surface area contributed by atoms with Crippen molar-refractivity contribution in [1.29, 1.82) is 0 Å². The molecule has 0 saturated heterocycles. The molecule has 3 heterocycles. The Morgan fingerprint density at radius 1 is 0.949 bits per heavy atom. The summed E-state index contributed by atoms with van der Waals surface area (Å²) in [4.78, 5) is 21.6. The van der Waals surface area contributed by atoms with Gasteiger partial charge in [-0.05, 0) is 91.4 Å². The van der Waals surface area contributed by atoms with Crippen molar-refractivity contribution in [2.45, 2.75) is 39.3 Å². The number of aryl methyl sites for hydroxylation is 2. The number of carbonyl (C=O) groups excluding carboxylic acids is 1. The van der Waals surface area contributed by atoms with Crippen molar-refractivity contribution >= 4 is 49.3 Å². The van der Waals surface area contributed by atoms with Gasteiger partial charge < -0.3 is 19.8 Å². The molecule has 8 rings (SSSR count). The van der Waals surface area contributed by atoms with E-state index in [-0.39, 0.29) is 12.0 Å². The van der Waals surface area contributed by atoms with E-state index >= 15 is 0 Å². The number of carbonyl (C=O) groups is 1. The number of hydrogen-bond acceptors (Lipinski definition) is 5. The number of hydrogen-bond donors (Lipinski definition) is 2. The predicted octanol–water partition coefficient (Wildman–Crippen LogP) is 7.52. The number of rotatable bonds is 4. The maximum Gasteiger partial charge on any atom is 0.279 e. The molecule has 192 valence electrons. The predicted molar refractivity (Wildman–Crippen MR) is 155 cm³/mol. The molecule has 2 N–H and O–H groups in total. The van der Waals surface area contributed by atoms with Crippen molar-refractivity contribution < 1.29 is 14.3 Å². The number of aromatic nitrogens is 2. The second kappa shape index (κ2) is 8.32. The van der Waals surface area contributed by atoms with Gasteiger partial charge in [0.15, 0.2) is 0 Å². The molecule has 2 aromatic heterocycles. The Balaban J connectivity index is 1.30. The number of para-hydroxylation sites is 1. The fourth-order valence-electron chi connectivity index (χ4n) is 6.18. The van der Waals surface area contributed by atoms with E-state index in [2.05, 4.69) is 45.6 Å². The molecule has 0 atom stereocenters. The van der Waals surface area contributed by atoms with E-state index in [1.54, 1.807) is 0 Å². The molecule has 1 aliphatic heterocycles. The summed E-state index contributed by atoms with van der Waals surface area (Å²) in [5.74, 6) is 1.60. The average Bonchev–Trinajstić information content (AvgIpc) is 3.62. The lowest BCUT2D eigenvalue weighted by Crippen LogP contribution is -2.15. The normalized spacial score (nSPS) is 14.1. The Morgan fingerprint density at radius 3 is 2.69 bits per heavy atom. The maximum atomic E-state index is 13.3. The van der Waals surface area contributed by atoms with Crippen LogP contribution in [0.3, 0.4) is 0 Å². The minimum Gasteiger partial charge on any atom is -0.491 e. The minimum absolute atomic E-state index is 0.00487. The van der Waals surface area contributed by atoms with Gasteiger partial charge in [-0.1, -0.05) is 29.5 Å². The monoisotopic (exact) mass is 531 g/mol. The van der Waals surface area contributed by atoms with E-state index in [0.717, 1.165) is 78.6 Å². The van der Waals surface area contributed by atoms with Crippen molar-refractivity contribution in [2.24, 2.45) is 0 Å². The van der Waals surface area contributed by atoms with Crippen molar-refractivity contribution in [3.63, 3.8) is 0 Å². The number of thiazole rings is 1. The Bertz CT molecular complexity index is 1950. The van der Waals surface area contributed by atoms with Crippen molar-refractivity contribution in [3.8, 4) is 27.8 Å². The Hall–Kier alpha value is -4.36. The number of nitrogens with zero attached hydrogens (tertiary/aromatic N) is 1. The molecule has 4 aromatic carbocycles. The van der Waals surface area contributed by atoms with Gasteiger partial charge in [0.2, 0.25) is 0 Å². The molecule has 0 fully saturated rings. The fraction of sp³-hybridized carbons (Fsp3) is 0.188. The summed E-state index contributed by atoms with van der Waals surface area (Å²) in [6.45, 7) is 4.58. The van der Waals surface area contributed by atoms with Crippen LogP contribution in [0.2, 0.25) is 0 Å². The standard InChI is InChI=1S/C32H25N3O3S/c1-16(2)37-18-8-11-20-17(13-18)7-10-21-27(20)29-23(15-33-31(29)36)28-22-14-19(9-12-24(22)34-30(21)28)38-32-35-25-5-3-4-6-26(25)39-32/h3-6,8-9,11-14,16,34H,7,10,15H2,1-2H3,(H,33,36). The molecule has 0 unspecified atom stereocenters. The van der Waals surface area contributed by atoms with Crippen LogP contribution in [0, 0.1) is 0 Å². The SMILES string of the molecule is CC(C)Oc1ccc2c(c1)CCc1c-2c2c(c3c1[nH]c1ccc(Oc4nc5ccccc5s4)cc13)CNC2=O. The number of benzene rings is 4. The van der Waals surface area contributed by atoms with Crippen LogP contribution in [-0.4, -0.2) is 22.0 Å². The maximum absolute atomic E-state index is 13.3. The zero-order valence-corrected chi connectivity index (χ0v) is 22.4.